The molecular formula is C25H23FN2O2. The van der Waals surface area contributed by atoms with Crippen LogP contribution < -0.4 is 0 Å². The van der Waals surface area contributed by atoms with E-state index < -0.39 is 5.82 Å². The topological polar surface area (TPSA) is 41.9 Å². The maximum Gasteiger partial charge on any atom is 0.254 e. The van der Waals surface area contributed by atoms with E-state index in [4.69, 9.17) is 4.84 Å². The molecule has 0 aromatic heterocycles. The van der Waals surface area contributed by atoms with Crippen molar-refractivity contribution in [2.24, 2.45) is 5.16 Å². The number of hydrogen-bond acceptors (Lipinski definition) is 3. The molecule has 0 fully saturated rings. The summed E-state index contributed by atoms with van der Waals surface area (Å²) in [6.07, 6.45) is 0.368. The summed E-state index contributed by atoms with van der Waals surface area (Å²) in [5, 5.41) is 4.27. The molecule has 0 saturated carbocycles. The quantitative estimate of drug-likeness (QED) is 0.584. The summed E-state index contributed by atoms with van der Waals surface area (Å²) in [4.78, 5) is 20.5. The molecule has 3 aromatic rings. The lowest BCUT2D eigenvalue weighted by Gasteiger charge is -2.25. The van der Waals surface area contributed by atoms with Crippen LogP contribution in [0.3, 0.4) is 0 Å². The molecule has 1 aliphatic rings. The first kappa shape index (κ1) is 19.8. The van der Waals surface area contributed by atoms with E-state index in [1.807, 2.05) is 61.5 Å². The van der Waals surface area contributed by atoms with E-state index >= 15 is 0 Å². The number of rotatable bonds is 6. The molecule has 0 spiro atoms. The van der Waals surface area contributed by atoms with Crippen molar-refractivity contribution in [3.8, 4) is 0 Å². The molecule has 3 aromatic carbocycles. The number of halogens is 1. The molecule has 0 saturated heterocycles. The smallest absolute Gasteiger partial charge is 0.254 e. The minimum absolute atomic E-state index is 0.230. The number of oxime groups is 1. The van der Waals surface area contributed by atoms with Crippen LogP contribution in [0.4, 0.5) is 4.39 Å². The van der Waals surface area contributed by atoms with Crippen molar-refractivity contribution in [1.82, 2.24) is 4.90 Å². The molecule has 0 bridgehead atoms. The van der Waals surface area contributed by atoms with Gasteiger partial charge in [0.05, 0.1) is 12.3 Å². The summed E-state index contributed by atoms with van der Waals surface area (Å²) < 4.78 is 13.7. The number of carbonyl (C=O) groups is 1. The summed E-state index contributed by atoms with van der Waals surface area (Å²) in [6.45, 7) is 2.82. The van der Waals surface area contributed by atoms with Gasteiger partial charge < -0.3 is 9.74 Å². The monoisotopic (exact) mass is 402 g/mol. The number of benzene rings is 3. The summed E-state index contributed by atoms with van der Waals surface area (Å²) in [7, 11) is 0. The van der Waals surface area contributed by atoms with Gasteiger partial charge in [-0.05, 0) is 36.2 Å². The van der Waals surface area contributed by atoms with Crippen molar-refractivity contribution in [2.75, 3.05) is 6.54 Å². The molecule has 1 amide bonds. The predicted molar refractivity (Wildman–Crippen MR) is 115 cm³/mol. The van der Waals surface area contributed by atoms with Crippen LogP contribution in [0.1, 0.15) is 33.5 Å². The summed E-state index contributed by atoms with van der Waals surface area (Å²) in [5.41, 5.74) is 4.41. The van der Waals surface area contributed by atoms with Crippen molar-refractivity contribution in [3.05, 3.63) is 107 Å². The molecule has 0 radical (unpaired) electrons. The highest BCUT2D eigenvalue weighted by molar-refractivity contribution is 6.02. The van der Waals surface area contributed by atoms with E-state index in [2.05, 4.69) is 5.16 Å². The zero-order valence-electron chi connectivity index (χ0n) is 16.8. The summed E-state index contributed by atoms with van der Waals surface area (Å²) in [6, 6.07) is 23.6. The Labute approximate surface area is 175 Å². The van der Waals surface area contributed by atoms with Gasteiger partial charge in [-0.2, -0.15) is 0 Å². The first-order valence-electron chi connectivity index (χ1n) is 9.97. The Morgan fingerprint density at radius 1 is 1.07 bits per heavy atom. The van der Waals surface area contributed by atoms with Crippen LogP contribution in [0.5, 0.6) is 0 Å². The van der Waals surface area contributed by atoms with Crippen molar-refractivity contribution in [2.45, 2.75) is 26.0 Å². The molecule has 0 N–H and O–H groups in total. The second-order valence-corrected chi connectivity index (χ2v) is 7.47. The van der Waals surface area contributed by atoms with E-state index in [0.717, 1.165) is 22.4 Å². The van der Waals surface area contributed by atoms with Crippen LogP contribution in [0.15, 0.2) is 84.0 Å². The third-order valence-electron chi connectivity index (χ3n) is 5.19. The predicted octanol–water partition coefficient (Wildman–Crippen LogP) is 4.97. The van der Waals surface area contributed by atoms with Gasteiger partial charge in [-0.1, -0.05) is 65.8 Å². The fourth-order valence-corrected chi connectivity index (χ4v) is 3.66. The molecule has 0 aliphatic carbocycles. The number of amides is 1. The first-order valence-corrected chi connectivity index (χ1v) is 9.97. The highest BCUT2D eigenvalue weighted by atomic mass is 19.1. The van der Waals surface area contributed by atoms with E-state index in [9.17, 15) is 9.18 Å². The lowest BCUT2D eigenvalue weighted by molar-refractivity contribution is 0.0405. The average molecular weight is 402 g/mol. The molecule has 1 heterocycles. The molecule has 1 atom stereocenters. The van der Waals surface area contributed by atoms with Crippen LogP contribution in [-0.2, 0) is 11.4 Å². The second-order valence-electron chi connectivity index (χ2n) is 7.47. The second kappa shape index (κ2) is 8.91. The number of carbonyl (C=O) groups excluding carboxylic acids is 1. The standard InChI is InChI=1S/C25H23FN2O2/c1-18-8-5-6-13-23(18)24-15-22(30-27-24)17-28(16-19-9-3-2-4-10-19)25(29)20-11-7-12-21(26)14-20/h2-14,22H,15-17H2,1H3. The SMILES string of the molecule is Cc1ccccc1C1=NOC(CN(Cc2ccccc2)C(=O)c2cccc(F)c2)C1. The lowest BCUT2D eigenvalue weighted by atomic mass is 10.00. The van der Waals surface area contributed by atoms with Gasteiger partial charge in [-0.15, -0.1) is 0 Å². The van der Waals surface area contributed by atoms with Gasteiger partial charge in [-0.25, -0.2) is 4.39 Å². The lowest BCUT2D eigenvalue weighted by Crippen LogP contribution is -2.37. The largest absolute Gasteiger partial charge is 0.390 e. The van der Waals surface area contributed by atoms with Crippen LogP contribution in [0, 0.1) is 12.7 Å². The van der Waals surface area contributed by atoms with Gasteiger partial charge in [0.2, 0.25) is 0 Å². The van der Waals surface area contributed by atoms with Crippen LogP contribution in [-0.4, -0.2) is 29.2 Å². The maximum atomic E-state index is 13.7. The molecular weight excluding hydrogens is 379 g/mol. The molecule has 152 valence electrons. The van der Waals surface area contributed by atoms with Gasteiger partial charge in [0.25, 0.3) is 5.91 Å². The van der Waals surface area contributed by atoms with Gasteiger partial charge in [-0.3, -0.25) is 4.79 Å². The van der Waals surface area contributed by atoms with E-state index in [1.165, 1.54) is 12.1 Å². The average Bonchev–Trinajstić information content (AvgIpc) is 3.22. The highest BCUT2D eigenvalue weighted by Crippen LogP contribution is 2.21. The van der Waals surface area contributed by atoms with Crippen LogP contribution in [0.2, 0.25) is 0 Å². The fraction of sp³-hybridized carbons (Fsp3) is 0.200. The third kappa shape index (κ3) is 4.57. The summed E-state index contributed by atoms with van der Waals surface area (Å²) >= 11 is 0. The summed E-state index contributed by atoms with van der Waals surface area (Å²) in [5.74, 6) is -0.658. The molecule has 5 heteroatoms. The molecule has 4 nitrogen and oxygen atoms in total. The fourth-order valence-electron chi connectivity index (χ4n) is 3.66. The minimum Gasteiger partial charge on any atom is -0.390 e. The molecule has 30 heavy (non-hydrogen) atoms. The first-order chi connectivity index (χ1) is 14.6. The number of hydrogen-bond donors (Lipinski definition) is 0. The zero-order valence-corrected chi connectivity index (χ0v) is 16.8. The van der Waals surface area contributed by atoms with Crippen LogP contribution >= 0.6 is 0 Å². The Morgan fingerprint density at radius 3 is 2.60 bits per heavy atom. The Balaban J connectivity index is 1.52. The van der Waals surface area contributed by atoms with E-state index in [-0.39, 0.29) is 12.0 Å². The number of aryl methyl sites for hydroxylation is 1. The van der Waals surface area contributed by atoms with Crippen molar-refractivity contribution >= 4 is 11.6 Å². The normalized spacial score (nSPS) is 15.4. The van der Waals surface area contributed by atoms with Crippen molar-refractivity contribution < 1.29 is 14.0 Å². The van der Waals surface area contributed by atoms with Gasteiger partial charge in [0, 0.05) is 24.1 Å². The van der Waals surface area contributed by atoms with Crippen molar-refractivity contribution in [1.29, 1.82) is 0 Å². The van der Waals surface area contributed by atoms with E-state index in [1.54, 1.807) is 17.0 Å². The third-order valence-corrected chi connectivity index (χ3v) is 5.19. The maximum absolute atomic E-state index is 13.7. The van der Waals surface area contributed by atoms with Crippen LogP contribution in [0.25, 0.3) is 0 Å². The molecule has 1 aliphatic heterocycles. The Kier molecular flexibility index (Phi) is 5.89. The molecule has 1 unspecified atom stereocenters. The van der Waals surface area contributed by atoms with Gasteiger partial charge in [0.1, 0.15) is 5.82 Å². The van der Waals surface area contributed by atoms with Gasteiger partial charge >= 0.3 is 0 Å². The van der Waals surface area contributed by atoms with Gasteiger partial charge in [0.15, 0.2) is 6.10 Å². The van der Waals surface area contributed by atoms with Crippen molar-refractivity contribution in [3.63, 3.8) is 0 Å². The van der Waals surface area contributed by atoms with E-state index in [0.29, 0.717) is 25.1 Å². The Morgan fingerprint density at radius 2 is 1.83 bits per heavy atom. The highest BCUT2D eigenvalue weighted by Gasteiger charge is 2.28. The Hall–Kier alpha value is -3.47. The Bertz CT molecular complexity index is 1070. The molecule has 4 rings (SSSR count). The zero-order chi connectivity index (χ0) is 20.9. The minimum atomic E-state index is -0.428. The number of nitrogens with zero attached hydrogens (tertiary/aromatic N) is 2.